The molecule has 0 aromatic carbocycles. The number of nitrogens with one attached hydrogen (secondary N) is 1. The van der Waals surface area contributed by atoms with E-state index in [4.69, 9.17) is 10.8 Å². The van der Waals surface area contributed by atoms with Crippen LogP contribution in [0.2, 0.25) is 0 Å². The van der Waals surface area contributed by atoms with Crippen molar-refractivity contribution < 1.29 is 5.11 Å². The summed E-state index contributed by atoms with van der Waals surface area (Å²) in [4.78, 5) is 8.28. The molecular formula is C9H13N5O. The number of anilines is 2. The van der Waals surface area contributed by atoms with Gasteiger partial charge in [-0.3, -0.25) is 0 Å². The lowest BCUT2D eigenvalue weighted by Crippen LogP contribution is -2.21. The van der Waals surface area contributed by atoms with Gasteiger partial charge in [0.05, 0.1) is 12.8 Å². The van der Waals surface area contributed by atoms with Crippen LogP contribution in [-0.2, 0) is 0 Å². The second kappa shape index (κ2) is 3.74. The Bertz CT molecular complexity index is 466. The van der Waals surface area contributed by atoms with Crippen molar-refractivity contribution in [2.45, 2.75) is 13.0 Å². The number of nitrogen functional groups attached to an aromatic ring is 1. The van der Waals surface area contributed by atoms with E-state index < -0.39 is 0 Å². The molecule has 0 bridgehead atoms. The number of nitrogens with zero attached hydrogens (tertiary/aromatic N) is 3. The monoisotopic (exact) mass is 207 g/mol. The van der Waals surface area contributed by atoms with E-state index in [2.05, 4.69) is 15.3 Å². The van der Waals surface area contributed by atoms with Crippen LogP contribution in [0.25, 0.3) is 5.65 Å². The van der Waals surface area contributed by atoms with Gasteiger partial charge < -0.3 is 20.6 Å². The van der Waals surface area contributed by atoms with Gasteiger partial charge in [-0.15, -0.1) is 0 Å². The number of aromatic nitrogens is 3. The zero-order chi connectivity index (χ0) is 10.8. The third-order valence-electron chi connectivity index (χ3n) is 2.05. The quantitative estimate of drug-likeness (QED) is 0.664. The predicted octanol–water partition coefficient (Wildman–Crippen LogP) is 0.104. The molecule has 2 rings (SSSR count). The molecule has 1 unspecified atom stereocenters. The summed E-state index contributed by atoms with van der Waals surface area (Å²) in [5.74, 6) is 0.995. The summed E-state index contributed by atoms with van der Waals surface area (Å²) in [6.45, 7) is 1.88. The summed E-state index contributed by atoms with van der Waals surface area (Å²) >= 11 is 0. The molecule has 2 aromatic rings. The summed E-state index contributed by atoms with van der Waals surface area (Å²) in [6.07, 6.45) is 5.16. The molecule has 0 saturated heterocycles. The van der Waals surface area contributed by atoms with Crippen molar-refractivity contribution in [3.63, 3.8) is 0 Å². The maximum absolute atomic E-state index is 8.94. The van der Waals surface area contributed by atoms with Crippen molar-refractivity contribution in [3.8, 4) is 0 Å². The van der Waals surface area contributed by atoms with E-state index >= 15 is 0 Å². The molecule has 2 aromatic heterocycles. The molecule has 0 fully saturated rings. The number of aliphatic hydroxyl groups is 1. The summed E-state index contributed by atoms with van der Waals surface area (Å²) < 4.78 is 1.79. The van der Waals surface area contributed by atoms with Gasteiger partial charge in [0.2, 0.25) is 0 Å². The van der Waals surface area contributed by atoms with E-state index in [0.717, 1.165) is 0 Å². The smallest absolute Gasteiger partial charge is 0.180 e. The molecule has 80 valence electrons. The first kappa shape index (κ1) is 9.72. The molecule has 6 nitrogen and oxygen atoms in total. The number of imidazole rings is 1. The van der Waals surface area contributed by atoms with Gasteiger partial charge in [-0.2, -0.15) is 0 Å². The Kier molecular flexibility index (Phi) is 2.42. The third-order valence-corrected chi connectivity index (χ3v) is 2.05. The highest BCUT2D eigenvalue weighted by Crippen LogP contribution is 2.15. The first-order valence-corrected chi connectivity index (χ1v) is 4.67. The Morgan fingerprint density at radius 1 is 1.67 bits per heavy atom. The number of hydrogen-bond acceptors (Lipinski definition) is 5. The lowest BCUT2D eigenvalue weighted by atomic mass is 10.3. The number of hydrogen-bond donors (Lipinski definition) is 3. The van der Waals surface area contributed by atoms with Crippen LogP contribution in [0.4, 0.5) is 11.6 Å². The maximum atomic E-state index is 8.94. The van der Waals surface area contributed by atoms with Gasteiger partial charge in [0.1, 0.15) is 5.82 Å². The fourth-order valence-electron chi connectivity index (χ4n) is 1.33. The summed E-state index contributed by atoms with van der Waals surface area (Å²) in [6, 6.07) is -0.0835. The van der Waals surface area contributed by atoms with Crippen molar-refractivity contribution in [1.29, 1.82) is 0 Å². The van der Waals surface area contributed by atoms with Gasteiger partial charge in [-0.1, -0.05) is 0 Å². The van der Waals surface area contributed by atoms with E-state index in [-0.39, 0.29) is 12.6 Å². The highest BCUT2D eigenvalue weighted by Gasteiger charge is 2.08. The van der Waals surface area contributed by atoms with E-state index in [1.54, 1.807) is 23.0 Å². The number of nitrogens with two attached hydrogens (primary N) is 1. The van der Waals surface area contributed by atoms with Gasteiger partial charge in [-0.25, -0.2) is 9.97 Å². The minimum Gasteiger partial charge on any atom is -0.394 e. The average Bonchev–Trinajstić information content (AvgIpc) is 2.65. The van der Waals surface area contributed by atoms with Crippen molar-refractivity contribution in [1.82, 2.24) is 14.4 Å². The fourth-order valence-corrected chi connectivity index (χ4v) is 1.33. The molecular weight excluding hydrogens is 194 g/mol. The molecule has 2 heterocycles. The molecule has 0 radical (unpaired) electrons. The van der Waals surface area contributed by atoms with Crippen LogP contribution in [0.5, 0.6) is 0 Å². The topological polar surface area (TPSA) is 88.5 Å². The fraction of sp³-hybridized carbons (Fsp3) is 0.333. The first-order chi connectivity index (χ1) is 7.20. The van der Waals surface area contributed by atoms with Crippen LogP contribution in [0.1, 0.15) is 6.92 Å². The predicted molar refractivity (Wildman–Crippen MR) is 57.6 cm³/mol. The summed E-state index contributed by atoms with van der Waals surface area (Å²) in [5.41, 5.74) is 6.34. The summed E-state index contributed by atoms with van der Waals surface area (Å²) in [7, 11) is 0. The normalized spacial score (nSPS) is 12.9. The van der Waals surface area contributed by atoms with Crippen LogP contribution < -0.4 is 11.1 Å². The van der Waals surface area contributed by atoms with Crippen LogP contribution in [0.3, 0.4) is 0 Å². The molecule has 0 aliphatic carbocycles. The van der Waals surface area contributed by atoms with E-state index in [0.29, 0.717) is 17.3 Å². The Morgan fingerprint density at radius 3 is 3.20 bits per heavy atom. The van der Waals surface area contributed by atoms with Gasteiger partial charge in [0.25, 0.3) is 0 Å². The minimum absolute atomic E-state index is 0.0311. The van der Waals surface area contributed by atoms with Crippen molar-refractivity contribution in [3.05, 3.63) is 18.6 Å². The van der Waals surface area contributed by atoms with Crippen molar-refractivity contribution in [2.75, 3.05) is 17.7 Å². The van der Waals surface area contributed by atoms with E-state index in [1.165, 1.54) is 0 Å². The highest BCUT2D eigenvalue weighted by molar-refractivity contribution is 5.65. The molecule has 0 aliphatic heterocycles. The van der Waals surface area contributed by atoms with E-state index in [9.17, 15) is 0 Å². The zero-order valence-corrected chi connectivity index (χ0v) is 8.38. The Balaban J connectivity index is 2.44. The SMILES string of the molecule is CC(CO)Nc1nc(N)cn2ccnc12. The summed E-state index contributed by atoms with van der Waals surface area (Å²) in [5, 5.41) is 12.0. The lowest BCUT2D eigenvalue weighted by Gasteiger charge is -2.12. The molecule has 6 heteroatoms. The van der Waals surface area contributed by atoms with Gasteiger partial charge in [0.15, 0.2) is 11.5 Å². The number of rotatable bonds is 3. The second-order valence-corrected chi connectivity index (χ2v) is 3.40. The Hall–Kier alpha value is -1.82. The zero-order valence-electron chi connectivity index (χ0n) is 8.38. The van der Waals surface area contributed by atoms with Crippen molar-refractivity contribution in [2.24, 2.45) is 0 Å². The number of fused-ring (bicyclic) bond motifs is 1. The van der Waals surface area contributed by atoms with Gasteiger partial charge in [-0.05, 0) is 6.92 Å². The van der Waals surface area contributed by atoms with E-state index in [1.807, 2.05) is 6.92 Å². The van der Waals surface area contributed by atoms with Crippen LogP contribution in [0.15, 0.2) is 18.6 Å². The maximum Gasteiger partial charge on any atom is 0.180 e. The first-order valence-electron chi connectivity index (χ1n) is 4.67. The molecule has 0 aliphatic rings. The molecule has 0 saturated carbocycles. The van der Waals surface area contributed by atoms with Crippen LogP contribution >= 0.6 is 0 Å². The van der Waals surface area contributed by atoms with Crippen LogP contribution in [-0.4, -0.2) is 32.1 Å². The average molecular weight is 207 g/mol. The van der Waals surface area contributed by atoms with Crippen LogP contribution in [0, 0.1) is 0 Å². The third kappa shape index (κ3) is 1.84. The lowest BCUT2D eigenvalue weighted by molar-refractivity contribution is 0.281. The van der Waals surface area contributed by atoms with Gasteiger partial charge >= 0.3 is 0 Å². The standard InChI is InChI=1S/C9H13N5O/c1-6(5-15)12-8-9-11-2-3-14(9)4-7(10)13-8/h2-4,6,15H,5,10H2,1H3,(H,12,13). The molecule has 0 amide bonds. The second-order valence-electron chi connectivity index (χ2n) is 3.40. The van der Waals surface area contributed by atoms with Gasteiger partial charge in [0, 0.05) is 18.4 Å². The molecule has 0 spiro atoms. The molecule has 15 heavy (non-hydrogen) atoms. The molecule has 1 atom stereocenters. The highest BCUT2D eigenvalue weighted by atomic mass is 16.3. The minimum atomic E-state index is -0.0835. The van der Waals surface area contributed by atoms with Crippen molar-refractivity contribution >= 4 is 17.3 Å². The largest absolute Gasteiger partial charge is 0.394 e. The number of aliphatic hydroxyl groups excluding tert-OH is 1. The Labute approximate surface area is 86.8 Å². The molecule has 4 N–H and O–H groups in total. The Morgan fingerprint density at radius 2 is 2.47 bits per heavy atom.